The van der Waals surface area contributed by atoms with Gasteiger partial charge in [-0.15, -0.1) is 0 Å². The van der Waals surface area contributed by atoms with E-state index in [1.54, 1.807) is 0 Å². The van der Waals surface area contributed by atoms with E-state index in [9.17, 15) is 9.59 Å². The Labute approximate surface area is 101 Å². The molecule has 92 valence electrons. The second-order valence-corrected chi connectivity index (χ2v) is 3.99. The zero-order valence-electron chi connectivity index (χ0n) is 10.4. The summed E-state index contributed by atoms with van der Waals surface area (Å²) in [5.74, 6) is -0.353. The summed E-state index contributed by atoms with van der Waals surface area (Å²) in [6.07, 6.45) is 0.580. The molecule has 1 aromatic rings. The van der Waals surface area contributed by atoms with Gasteiger partial charge in [0.05, 0.1) is 0 Å². The van der Waals surface area contributed by atoms with Crippen LogP contribution in [0.4, 0.5) is 0 Å². The van der Waals surface area contributed by atoms with E-state index in [0.29, 0.717) is 6.42 Å². The molecule has 0 aliphatic carbocycles. The molecule has 0 fully saturated rings. The minimum Gasteiger partial charge on any atom is -0.330 e. The van der Waals surface area contributed by atoms with Crippen molar-refractivity contribution >= 4 is 11.8 Å². The number of amides is 2. The van der Waals surface area contributed by atoms with Gasteiger partial charge in [-0.3, -0.25) is 9.59 Å². The van der Waals surface area contributed by atoms with E-state index in [-0.39, 0.29) is 11.8 Å². The monoisotopic (exact) mass is 234 g/mol. The molecule has 4 nitrogen and oxygen atoms in total. The zero-order valence-corrected chi connectivity index (χ0v) is 10.4. The average Bonchev–Trinajstić information content (AvgIpc) is 2.28. The summed E-state index contributed by atoms with van der Waals surface area (Å²) in [5.41, 5.74) is 0.0479. The lowest BCUT2D eigenvalue weighted by Crippen LogP contribution is -2.56. The van der Waals surface area contributed by atoms with Gasteiger partial charge in [-0.1, -0.05) is 37.3 Å². The molecule has 1 aromatic carbocycles. The van der Waals surface area contributed by atoms with Gasteiger partial charge in [0.15, 0.2) is 0 Å². The molecule has 0 aliphatic heterocycles. The molecular weight excluding hydrogens is 216 g/mol. The fourth-order valence-corrected chi connectivity index (χ4v) is 1.88. The Morgan fingerprint density at radius 2 is 1.53 bits per heavy atom. The molecular formula is C13H18N2O2. The molecule has 0 spiro atoms. The van der Waals surface area contributed by atoms with E-state index < -0.39 is 5.66 Å². The topological polar surface area (TPSA) is 58.2 Å². The fraction of sp³-hybridized carbons (Fsp3) is 0.385. The highest BCUT2D eigenvalue weighted by atomic mass is 16.2. The van der Waals surface area contributed by atoms with Crippen molar-refractivity contribution in [2.75, 3.05) is 0 Å². The second-order valence-electron chi connectivity index (χ2n) is 3.99. The predicted molar refractivity (Wildman–Crippen MR) is 66.0 cm³/mol. The van der Waals surface area contributed by atoms with Gasteiger partial charge in [0.25, 0.3) is 0 Å². The molecule has 17 heavy (non-hydrogen) atoms. The van der Waals surface area contributed by atoms with Crippen molar-refractivity contribution in [1.29, 1.82) is 0 Å². The summed E-state index contributed by atoms with van der Waals surface area (Å²) in [5, 5.41) is 5.64. The van der Waals surface area contributed by atoms with Gasteiger partial charge in [-0.05, 0) is 12.0 Å². The fourth-order valence-electron chi connectivity index (χ4n) is 1.88. The molecule has 2 N–H and O–H groups in total. The van der Waals surface area contributed by atoms with Gasteiger partial charge in [-0.2, -0.15) is 0 Å². The number of hydrogen-bond donors (Lipinski definition) is 2. The molecule has 0 saturated carbocycles. The molecule has 0 saturated heterocycles. The highest BCUT2D eigenvalue weighted by Gasteiger charge is 2.31. The standard InChI is InChI=1S/C13H18N2O2/c1-4-13(14-10(2)16,15-11(3)17)12-8-6-5-7-9-12/h5-9H,4H2,1-3H3,(H,14,16)(H,15,17). The van der Waals surface area contributed by atoms with E-state index in [0.717, 1.165) is 5.56 Å². The summed E-state index contributed by atoms with van der Waals surface area (Å²) in [6.45, 7) is 4.79. The number of hydrogen-bond acceptors (Lipinski definition) is 2. The highest BCUT2D eigenvalue weighted by molar-refractivity contribution is 5.78. The van der Waals surface area contributed by atoms with Crippen molar-refractivity contribution in [2.45, 2.75) is 32.9 Å². The first kappa shape index (κ1) is 13.2. The third-order valence-electron chi connectivity index (χ3n) is 2.58. The molecule has 0 aromatic heterocycles. The molecule has 0 bridgehead atoms. The van der Waals surface area contributed by atoms with Gasteiger partial charge >= 0.3 is 0 Å². The van der Waals surface area contributed by atoms with Crippen LogP contribution in [-0.2, 0) is 15.3 Å². The SMILES string of the molecule is CCC(NC(C)=O)(NC(C)=O)c1ccccc1. The van der Waals surface area contributed by atoms with Crippen molar-refractivity contribution in [3.63, 3.8) is 0 Å². The van der Waals surface area contributed by atoms with Crippen LogP contribution in [0.25, 0.3) is 0 Å². The minimum absolute atomic E-state index is 0.176. The maximum atomic E-state index is 11.3. The molecule has 0 aliphatic rings. The van der Waals surface area contributed by atoms with Crippen LogP contribution in [0.15, 0.2) is 30.3 Å². The van der Waals surface area contributed by atoms with Crippen LogP contribution in [0.3, 0.4) is 0 Å². The van der Waals surface area contributed by atoms with Crippen molar-refractivity contribution in [3.05, 3.63) is 35.9 Å². The Kier molecular flexibility index (Phi) is 4.26. The van der Waals surface area contributed by atoms with Gasteiger partial charge < -0.3 is 10.6 Å². The predicted octanol–water partition coefficient (Wildman–Crippen LogP) is 1.52. The van der Waals surface area contributed by atoms with Crippen LogP contribution in [0.2, 0.25) is 0 Å². The van der Waals surface area contributed by atoms with Crippen LogP contribution in [0.1, 0.15) is 32.8 Å². The zero-order chi connectivity index (χ0) is 12.9. The van der Waals surface area contributed by atoms with Gasteiger partial charge in [0.1, 0.15) is 5.66 Å². The quantitative estimate of drug-likeness (QED) is 0.776. The van der Waals surface area contributed by atoms with Gasteiger partial charge in [-0.25, -0.2) is 0 Å². The van der Waals surface area contributed by atoms with Gasteiger partial charge in [0.2, 0.25) is 11.8 Å². The number of rotatable bonds is 4. The van der Waals surface area contributed by atoms with Crippen LogP contribution >= 0.6 is 0 Å². The molecule has 1 rings (SSSR count). The number of carbonyl (C=O) groups is 2. The van der Waals surface area contributed by atoms with Crippen LogP contribution in [0.5, 0.6) is 0 Å². The first-order chi connectivity index (χ1) is 8.00. The molecule has 0 atom stereocenters. The molecule has 0 radical (unpaired) electrons. The molecule has 0 unspecified atom stereocenters. The second kappa shape index (κ2) is 5.48. The Morgan fingerprint density at radius 3 is 1.88 bits per heavy atom. The third kappa shape index (κ3) is 3.31. The molecule has 0 heterocycles. The lowest BCUT2D eigenvalue weighted by Gasteiger charge is -2.34. The van der Waals surface area contributed by atoms with E-state index >= 15 is 0 Å². The van der Waals surface area contributed by atoms with E-state index in [1.807, 2.05) is 37.3 Å². The van der Waals surface area contributed by atoms with Gasteiger partial charge in [0, 0.05) is 13.8 Å². The van der Waals surface area contributed by atoms with E-state index in [1.165, 1.54) is 13.8 Å². The number of carbonyl (C=O) groups excluding carboxylic acids is 2. The Hall–Kier alpha value is -1.84. The van der Waals surface area contributed by atoms with Crippen molar-refractivity contribution in [1.82, 2.24) is 10.6 Å². The molecule has 2 amide bonds. The first-order valence-corrected chi connectivity index (χ1v) is 5.63. The maximum Gasteiger partial charge on any atom is 0.218 e. The van der Waals surface area contributed by atoms with Crippen LogP contribution < -0.4 is 10.6 Å². The Bertz CT molecular complexity index is 385. The first-order valence-electron chi connectivity index (χ1n) is 5.63. The van der Waals surface area contributed by atoms with Crippen molar-refractivity contribution in [2.24, 2.45) is 0 Å². The normalized spacial score (nSPS) is 10.8. The molecule has 4 heteroatoms. The highest BCUT2D eigenvalue weighted by Crippen LogP contribution is 2.21. The lowest BCUT2D eigenvalue weighted by molar-refractivity contribution is -0.125. The average molecular weight is 234 g/mol. The summed E-state index contributed by atoms with van der Waals surface area (Å²) in [7, 11) is 0. The minimum atomic E-state index is -0.821. The van der Waals surface area contributed by atoms with Crippen LogP contribution in [0, 0.1) is 0 Å². The van der Waals surface area contributed by atoms with E-state index in [2.05, 4.69) is 10.6 Å². The number of nitrogens with one attached hydrogen (secondary N) is 2. The maximum absolute atomic E-state index is 11.3. The largest absolute Gasteiger partial charge is 0.330 e. The summed E-state index contributed by atoms with van der Waals surface area (Å²) < 4.78 is 0. The summed E-state index contributed by atoms with van der Waals surface area (Å²) >= 11 is 0. The summed E-state index contributed by atoms with van der Waals surface area (Å²) in [4.78, 5) is 22.6. The van der Waals surface area contributed by atoms with E-state index in [4.69, 9.17) is 0 Å². The number of benzene rings is 1. The van der Waals surface area contributed by atoms with Crippen LogP contribution in [-0.4, -0.2) is 11.8 Å². The smallest absolute Gasteiger partial charge is 0.218 e. The Balaban J connectivity index is 3.15. The lowest BCUT2D eigenvalue weighted by atomic mass is 9.96. The summed E-state index contributed by atoms with van der Waals surface area (Å²) in [6, 6.07) is 9.42. The van der Waals surface area contributed by atoms with Crippen molar-refractivity contribution < 1.29 is 9.59 Å². The third-order valence-corrected chi connectivity index (χ3v) is 2.58. The Morgan fingerprint density at radius 1 is 1.06 bits per heavy atom. The van der Waals surface area contributed by atoms with Crippen molar-refractivity contribution in [3.8, 4) is 0 Å².